The monoisotopic (exact) mass is 456 g/mol. The van der Waals surface area contributed by atoms with Crippen LogP contribution < -0.4 is 16.4 Å². The zero-order chi connectivity index (χ0) is 22.8. The molecule has 5 rings (SSSR count). The van der Waals surface area contributed by atoms with Crippen LogP contribution in [0.5, 0.6) is 0 Å². The lowest BCUT2D eigenvalue weighted by molar-refractivity contribution is -0.110. The maximum absolute atomic E-state index is 13.0. The van der Waals surface area contributed by atoms with Crippen LogP contribution >= 0.6 is 11.8 Å². The second-order valence-corrected chi connectivity index (χ2v) is 9.21. The molecule has 0 aliphatic carbocycles. The van der Waals surface area contributed by atoms with E-state index in [4.69, 9.17) is 5.73 Å². The van der Waals surface area contributed by atoms with Crippen molar-refractivity contribution >= 4 is 51.9 Å². The first-order chi connectivity index (χ1) is 16.1. The van der Waals surface area contributed by atoms with E-state index in [-0.39, 0.29) is 11.8 Å². The number of hydrogen-bond acceptors (Lipinski definition) is 5. The van der Waals surface area contributed by atoms with Crippen molar-refractivity contribution in [1.29, 1.82) is 0 Å². The summed E-state index contributed by atoms with van der Waals surface area (Å²) in [5.41, 5.74) is 11.7. The smallest absolute Gasteiger partial charge is 0.258 e. The van der Waals surface area contributed by atoms with Crippen molar-refractivity contribution in [2.75, 3.05) is 41.0 Å². The Kier molecular flexibility index (Phi) is 5.79. The van der Waals surface area contributed by atoms with Crippen molar-refractivity contribution in [1.82, 2.24) is 4.90 Å². The summed E-state index contributed by atoms with van der Waals surface area (Å²) in [5.74, 6) is 1.83. The van der Waals surface area contributed by atoms with Gasteiger partial charge >= 0.3 is 0 Å². The average molecular weight is 457 g/mol. The summed E-state index contributed by atoms with van der Waals surface area (Å²) in [5, 5.41) is 6.35. The highest BCUT2D eigenvalue weighted by molar-refractivity contribution is 7.99. The maximum Gasteiger partial charge on any atom is 0.258 e. The lowest BCUT2D eigenvalue weighted by atomic mass is 9.99. The van der Waals surface area contributed by atoms with E-state index in [2.05, 4.69) is 10.6 Å². The minimum absolute atomic E-state index is 0.0584. The standard InChI is InChI=1S/C26H24N4O2S/c27-19-8-11-22-21(16-19)23(25(31)29-22)24(17-4-2-1-3-5-17)28-20-9-6-18(7-10-20)26(32)30-12-14-33-15-13-30/h1-11,16,28H,12-15,27H2,(H,29,31)/b24-23-. The van der Waals surface area contributed by atoms with Gasteiger partial charge in [-0.3, -0.25) is 9.59 Å². The minimum atomic E-state index is -0.184. The third-order valence-corrected chi connectivity index (χ3v) is 6.74. The molecule has 33 heavy (non-hydrogen) atoms. The van der Waals surface area contributed by atoms with Gasteiger partial charge in [-0.05, 0) is 48.0 Å². The fourth-order valence-electron chi connectivity index (χ4n) is 4.11. The molecule has 0 radical (unpaired) electrons. The fourth-order valence-corrected chi connectivity index (χ4v) is 5.01. The third kappa shape index (κ3) is 4.32. The molecule has 0 unspecified atom stereocenters. The Bertz CT molecular complexity index is 1230. The van der Waals surface area contributed by atoms with Gasteiger partial charge in [-0.2, -0.15) is 11.8 Å². The van der Waals surface area contributed by atoms with Crippen LogP contribution in [0.15, 0.2) is 72.8 Å². The van der Waals surface area contributed by atoms with Crippen LogP contribution in [0.25, 0.3) is 11.3 Å². The SMILES string of the molecule is Nc1ccc2c(c1)/C(=C(/Nc1ccc(C(=O)N3CCSCC3)cc1)c1ccccc1)C(=O)N2. The molecule has 6 nitrogen and oxygen atoms in total. The Hall–Kier alpha value is -3.71. The Labute approximate surface area is 196 Å². The first-order valence-electron chi connectivity index (χ1n) is 10.9. The van der Waals surface area contributed by atoms with Crippen LogP contribution in [0, 0.1) is 0 Å². The van der Waals surface area contributed by atoms with Gasteiger partial charge in [0, 0.05) is 52.8 Å². The zero-order valence-electron chi connectivity index (χ0n) is 18.0. The summed E-state index contributed by atoms with van der Waals surface area (Å²) in [6.07, 6.45) is 0. The molecule has 7 heteroatoms. The predicted octanol–water partition coefficient (Wildman–Crippen LogP) is 4.39. The fraction of sp³-hybridized carbons (Fsp3) is 0.154. The Balaban J connectivity index is 1.50. The zero-order valence-corrected chi connectivity index (χ0v) is 18.8. The molecule has 3 aromatic rings. The number of rotatable bonds is 4. The van der Waals surface area contributed by atoms with E-state index < -0.39 is 0 Å². The number of nitrogens with two attached hydrogens (primary N) is 1. The number of amides is 2. The Morgan fingerprint density at radius 2 is 1.67 bits per heavy atom. The summed E-state index contributed by atoms with van der Waals surface area (Å²) >= 11 is 1.88. The van der Waals surface area contributed by atoms with Crippen LogP contribution in [0.2, 0.25) is 0 Å². The highest BCUT2D eigenvalue weighted by Gasteiger charge is 2.28. The van der Waals surface area contributed by atoms with Crippen LogP contribution in [-0.4, -0.2) is 41.3 Å². The molecule has 1 saturated heterocycles. The van der Waals surface area contributed by atoms with Crippen molar-refractivity contribution in [3.63, 3.8) is 0 Å². The molecule has 2 aliphatic heterocycles. The molecule has 1 fully saturated rings. The van der Waals surface area contributed by atoms with E-state index >= 15 is 0 Å². The van der Waals surface area contributed by atoms with E-state index in [1.807, 2.05) is 83.4 Å². The number of carbonyl (C=O) groups is 2. The number of nitrogen functional groups attached to an aromatic ring is 1. The molecule has 2 amide bonds. The van der Waals surface area contributed by atoms with Crippen LogP contribution in [0.3, 0.4) is 0 Å². The second-order valence-electron chi connectivity index (χ2n) is 7.98. The number of nitrogens with one attached hydrogen (secondary N) is 2. The molecule has 0 saturated carbocycles. The quantitative estimate of drug-likeness (QED) is 0.400. The maximum atomic E-state index is 13.0. The van der Waals surface area contributed by atoms with E-state index in [0.29, 0.717) is 22.5 Å². The molecule has 2 heterocycles. The molecular formula is C26H24N4O2S. The number of fused-ring (bicyclic) bond motifs is 1. The molecule has 0 atom stereocenters. The van der Waals surface area contributed by atoms with Gasteiger partial charge < -0.3 is 21.3 Å². The van der Waals surface area contributed by atoms with Gasteiger partial charge in [-0.25, -0.2) is 0 Å². The van der Waals surface area contributed by atoms with Gasteiger partial charge in [0.05, 0.1) is 11.3 Å². The highest BCUT2D eigenvalue weighted by atomic mass is 32.2. The number of nitrogens with zero attached hydrogens (tertiary/aromatic N) is 1. The second kappa shape index (κ2) is 9.03. The summed E-state index contributed by atoms with van der Waals surface area (Å²) < 4.78 is 0. The van der Waals surface area contributed by atoms with Gasteiger partial charge in [-0.15, -0.1) is 0 Å². The van der Waals surface area contributed by atoms with Crippen LogP contribution in [-0.2, 0) is 4.79 Å². The van der Waals surface area contributed by atoms with E-state index in [1.165, 1.54) is 0 Å². The topological polar surface area (TPSA) is 87.5 Å². The number of anilines is 3. The Morgan fingerprint density at radius 1 is 0.939 bits per heavy atom. The number of thioether (sulfide) groups is 1. The van der Waals surface area contributed by atoms with E-state index in [9.17, 15) is 9.59 Å². The molecule has 0 bridgehead atoms. The predicted molar refractivity (Wildman–Crippen MR) is 136 cm³/mol. The lowest BCUT2D eigenvalue weighted by Gasteiger charge is -2.26. The first kappa shape index (κ1) is 21.2. The molecule has 0 aromatic heterocycles. The van der Waals surface area contributed by atoms with Crippen molar-refractivity contribution in [3.05, 3.63) is 89.5 Å². The van der Waals surface area contributed by atoms with E-state index in [1.54, 1.807) is 6.07 Å². The van der Waals surface area contributed by atoms with Crippen molar-refractivity contribution in [2.24, 2.45) is 0 Å². The summed E-state index contributed by atoms with van der Waals surface area (Å²) in [4.78, 5) is 27.7. The van der Waals surface area contributed by atoms with Gasteiger partial charge in [0.1, 0.15) is 0 Å². The number of benzene rings is 3. The van der Waals surface area contributed by atoms with Gasteiger partial charge in [0.25, 0.3) is 11.8 Å². The molecule has 166 valence electrons. The normalized spacial score (nSPS) is 16.7. The number of hydrogen-bond donors (Lipinski definition) is 3. The van der Waals surface area contributed by atoms with Gasteiger partial charge in [0.15, 0.2) is 0 Å². The minimum Gasteiger partial charge on any atom is -0.399 e. The molecule has 0 spiro atoms. The molecule has 4 N–H and O–H groups in total. The van der Waals surface area contributed by atoms with Gasteiger partial charge in [0.2, 0.25) is 0 Å². The molecule has 3 aromatic carbocycles. The van der Waals surface area contributed by atoms with E-state index in [0.717, 1.165) is 47.1 Å². The first-order valence-corrected chi connectivity index (χ1v) is 12.0. The third-order valence-electron chi connectivity index (χ3n) is 5.80. The largest absolute Gasteiger partial charge is 0.399 e. The lowest BCUT2D eigenvalue weighted by Crippen LogP contribution is -2.37. The van der Waals surface area contributed by atoms with Gasteiger partial charge in [-0.1, -0.05) is 30.3 Å². The van der Waals surface area contributed by atoms with Crippen molar-refractivity contribution in [2.45, 2.75) is 0 Å². The van der Waals surface area contributed by atoms with Crippen LogP contribution in [0.4, 0.5) is 17.1 Å². The summed E-state index contributed by atoms with van der Waals surface area (Å²) in [6, 6.07) is 22.5. The molecule has 2 aliphatic rings. The summed E-state index contributed by atoms with van der Waals surface area (Å²) in [7, 11) is 0. The number of carbonyl (C=O) groups excluding carboxylic acids is 2. The van der Waals surface area contributed by atoms with Crippen molar-refractivity contribution < 1.29 is 9.59 Å². The average Bonchev–Trinajstić information content (AvgIpc) is 3.18. The Morgan fingerprint density at radius 3 is 2.39 bits per heavy atom. The highest BCUT2D eigenvalue weighted by Crippen LogP contribution is 2.38. The van der Waals surface area contributed by atoms with Crippen molar-refractivity contribution in [3.8, 4) is 0 Å². The van der Waals surface area contributed by atoms with Crippen LogP contribution in [0.1, 0.15) is 21.5 Å². The molecular weight excluding hydrogens is 432 g/mol. The summed E-state index contributed by atoms with van der Waals surface area (Å²) in [6.45, 7) is 1.57.